The molecule has 10 heteroatoms. The van der Waals surface area contributed by atoms with Gasteiger partial charge in [0, 0.05) is 0 Å². The lowest BCUT2D eigenvalue weighted by Crippen LogP contribution is -2.45. The first-order valence-electron chi connectivity index (χ1n) is 13.3. The summed E-state index contributed by atoms with van der Waals surface area (Å²) in [7, 11) is 0. The van der Waals surface area contributed by atoms with Crippen molar-refractivity contribution in [1.82, 2.24) is 10.6 Å². The van der Waals surface area contributed by atoms with Gasteiger partial charge < -0.3 is 29.6 Å². The molecule has 0 heterocycles. The Morgan fingerprint density at radius 1 is 0.500 bits per heavy atom. The number of hydrogen-bond acceptors (Lipinski definition) is 10. The first-order chi connectivity index (χ1) is 17.0. The fourth-order valence-electron chi connectivity index (χ4n) is 3.13. The van der Waals surface area contributed by atoms with E-state index in [0.29, 0.717) is 25.9 Å². The van der Waals surface area contributed by atoms with Crippen molar-refractivity contribution in [1.29, 1.82) is 0 Å². The Balaban J connectivity index is 4.98. The minimum Gasteiger partial charge on any atom is -0.460 e. The van der Waals surface area contributed by atoms with Crippen LogP contribution in [0.25, 0.3) is 0 Å². The van der Waals surface area contributed by atoms with Gasteiger partial charge in [0.1, 0.15) is 34.5 Å². The zero-order valence-electron chi connectivity index (χ0n) is 25.7. The van der Waals surface area contributed by atoms with Gasteiger partial charge in [-0.2, -0.15) is 0 Å². The van der Waals surface area contributed by atoms with E-state index in [4.69, 9.17) is 18.9 Å². The molecule has 0 aliphatic rings. The van der Waals surface area contributed by atoms with Crippen molar-refractivity contribution in [2.75, 3.05) is 13.1 Å². The fraction of sp³-hybridized carbons (Fsp3) is 0.857. The molecule has 0 saturated heterocycles. The number of carbonyl (C=O) groups is 4. The molecule has 0 rings (SSSR count). The minimum absolute atomic E-state index is 0.152. The second-order valence-corrected chi connectivity index (χ2v) is 13.4. The summed E-state index contributed by atoms with van der Waals surface area (Å²) in [5.74, 6) is -2.04. The fourth-order valence-corrected chi connectivity index (χ4v) is 3.13. The molecular weight excluding hydrogens is 492 g/mol. The van der Waals surface area contributed by atoms with E-state index >= 15 is 0 Å². The van der Waals surface area contributed by atoms with Gasteiger partial charge in [0.15, 0.2) is 0 Å². The van der Waals surface area contributed by atoms with Gasteiger partial charge in [-0.3, -0.25) is 19.2 Å². The number of esters is 4. The molecule has 0 aromatic rings. The largest absolute Gasteiger partial charge is 0.460 e. The van der Waals surface area contributed by atoms with Gasteiger partial charge >= 0.3 is 23.9 Å². The maximum atomic E-state index is 12.7. The summed E-state index contributed by atoms with van der Waals surface area (Å²) in [6, 6.07) is -1.70. The summed E-state index contributed by atoms with van der Waals surface area (Å²) in [4.78, 5) is 50.0. The smallest absolute Gasteiger partial charge is 0.324 e. The van der Waals surface area contributed by atoms with Crippen LogP contribution in [0.1, 0.15) is 109 Å². The normalized spacial score (nSPS) is 14.3. The van der Waals surface area contributed by atoms with Crippen molar-refractivity contribution < 1.29 is 38.1 Å². The number of unbranched alkanes of at least 4 members (excludes halogenated alkanes) is 1. The Bertz CT molecular complexity index is 717. The van der Waals surface area contributed by atoms with Crippen LogP contribution in [0.2, 0.25) is 0 Å². The van der Waals surface area contributed by atoms with Gasteiger partial charge in [0.25, 0.3) is 0 Å². The SMILES string of the molecule is CC(C)(C)OC(=O)CC(NCCCCNC(CC(=O)OC(C)(C)C)C(=O)OC(C)(C)C)C(=O)OC(C)(C)C. The number of rotatable bonds is 13. The Labute approximate surface area is 229 Å². The highest BCUT2D eigenvalue weighted by molar-refractivity contribution is 5.83. The van der Waals surface area contributed by atoms with Gasteiger partial charge in [-0.1, -0.05) is 0 Å². The summed E-state index contributed by atoms with van der Waals surface area (Å²) in [5.41, 5.74) is -2.71. The van der Waals surface area contributed by atoms with Crippen molar-refractivity contribution in [2.24, 2.45) is 0 Å². The molecule has 0 amide bonds. The van der Waals surface area contributed by atoms with Gasteiger partial charge in [-0.05, 0) is 109 Å². The first kappa shape index (κ1) is 35.8. The van der Waals surface area contributed by atoms with Crippen LogP contribution in [0, 0.1) is 0 Å². The molecule has 2 atom stereocenters. The number of nitrogens with one attached hydrogen (secondary N) is 2. The van der Waals surface area contributed by atoms with E-state index in [1.165, 1.54) is 0 Å². The highest BCUT2D eigenvalue weighted by Gasteiger charge is 2.30. The molecule has 0 aliphatic heterocycles. The molecule has 10 nitrogen and oxygen atoms in total. The van der Waals surface area contributed by atoms with Crippen LogP contribution in [0.15, 0.2) is 0 Å². The zero-order valence-corrected chi connectivity index (χ0v) is 25.7. The molecule has 0 spiro atoms. The lowest BCUT2D eigenvalue weighted by atomic mass is 10.1. The van der Waals surface area contributed by atoms with Gasteiger partial charge in [-0.25, -0.2) is 0 Å². The van der Waals surface area contributed by atoms with Crippen molar-refractivity contribution in [2.45, 2.75) is 143 Å². The third-order valence-electron chi connectivity index (χ3n) is 4.35. The van der Waals surface area contributed by atoms with Crippen LogP contribution in [0.5, 0.6) is 0 Å². The summed E-state index contributed by atoms with van der Waals surface area (Å²) in [5, 5.41) is 6.18. The Morgan fingerprint density at radius 2 is 0.763 bits per heavy atom. The van der Waals surface area contributed by atoms with Crippen LogP contribution in [-0.4, -0.2) is 71.5 Å². The van der Waals surface area contributed by atoms with Crippen molar-refractivity contribution >= 4 is 23.9 Å². The predicted octanol–water partition coefficient (Wildman–Crippen LogP) is 3.83. The van der Waals surface area contributed by atoms with E-state index in [2.05, 4.69) is 10.6 Å². The second kappa shape index (κ2) is 14.8. The Hall–Kier alpha value is -2.20. The molecule has 222 valence electrons. The molecule has 0 aliphatic carbocycles. The molecule has 0 saturated carbocycles. The molecule has 0 aromatic heterocycles. The molecule has 2 unspecified atom stereocenters. The van der Waals surface area contributed by atoms with Crippen LogP contribution in [0.3, 0.4) is 0 Å². The minimum atomic E-state index is -0.848. The van der Waals surface area contributed by atoms with E-state index in [9.17, 15) is 19.2 Å². The highest BCUT2D eigenvalue weighted by Crippen LogP contribution is 2.15. The number of carbonyl (C=O) groups excluding carboxylic acids is 4. The van der Waals surface area contributed by atoms with Gasteiger partial charge in [0.2, 0.25) is 0 Å². The van der Waals surface area contributed by atoms with Crippen molar-refractivity contribution in [3.63, 3.8) is 0 Å². The van der Waals surface area contributed by atoms with E-state index in [1.807, 2.05) is 0 Å². The Morgan fingerprint density at radius 3 is 1.00 bits per heavy atom. The van der Waals surface area contributed by atoms with Gasteiger partial charge in [0.05, 0.1) is 12.8 Å². The lowest BCUT2D eigenvalue weighted by Gasteiger charge is -2.26. The molecule has 0 aromatic carbocycles. The highest BCUT2D eigenvalue weighted by atomic mass is 16.6. The van der Waals surface area contributed by atoms with Crippen molar-refractivity contribution in [3.8, 4) is 0 Å². The summed E-state index contributed by atoms with van der Waals surface area (Å²) in [6.07, 6.45) is 0.963. The topological polar surface area (TPSA) is 129 Å². The molecule has 2 N–H and O–H groups in total. The summed E-state index contributed by atoms with van der Waals surface area (Å²) in [6.45, 7) is 22.0. The summed E-state index contributed by atoms with van der Waals surface area (Å²) >= 11 is 0. The standard InChI is InChI=1S/C28H52N2O8/c1-25(2,3)35-21(31)17-19(23(33)37-27(7,8)9)29-15-13-14-16-30-20(24(34)38-28(10,11)12)18-22(32)36-26(4,5)6/h19-20,29-30H,13-18H2,1-12H3. The van der Waals surface area contributed by atoms with Crippen molar-refractivity contribution in [3.05, 3.63) is 0 Å². The Kier molecular flexibility index (Phi) is 14.0. The molecule has 38 heavy (non-hydrogen) atoms. The van der Waals surface area contributed by atoms with E-state index in [1.54, 1.807) is 83.1 Å². The van der Waals surface area contributed by atoms with Crippen LogP contribution in [0.4, 0.5) is 0 Å². The molecule has 0 radical (unpaired) electrons. The maximum Gasteiger partial charge on any atom is 0.324 e. The predicted molar refractivity (Wildman–Crippen MR) is 145 cm³/mol. The number of ether oxygens (including phenoxy) is 4. The second-order valence-electron chi connectivity index (χ2n) is 13.4. The molecule has 0 bridgehead atoms. The van der Waals surface area contributed by atoms with Crippen LogP contribution >= 0.6 is 0 Å². The van der Waals surface area contributed by atoms with E-state index in [0.717, 1.165) is 0 Å². The lowest BCUT2D eigenvalue weighted by molar-refractivity contribution is -0.164. The maximum absolute atomic E-state index is 12.7. The average molecular weight is 545 g/mol. The summed E-state index contributed by atoms with van der Waals surface area (Å²) < 4.78 is 21.6. The van der Waals surface area contributed by atoms with Gasteiger partial charge in [-0.15, -0.1) is 0 Å². The first-order valence-corrected chi connectivity index (χ1v) is 13.3. The van der Waals surface area contributed by atoms with E-state index in [-0.39, 0.29) is 12.8 Å². The number of hydrogen-bond donors (Lipinski definition) is 2. The third kappa shape index (κ3) is 19.9. The van der Waals surface area contributed by atoms with E-state index < -0.39 is 58.4 Å². The molecule has 0 fully saturated rings. The van der Waals surface area contributed by atoms with Crippen LogP contribution in [-0.2, 0) is 38.1 Å². The zero-order chi connectivity index (χ0) is 29.9. The monoisotopic (exact) mass is 544 g/mol. The van der Waals surface area contributed by atoms with Crippen LogP contribution < -0.4 is 10.6 Å². The quantitative estimate of drug-likeness (QED) is 0.200. The average Bonchev–Trinajstić information content (AvgIpc) is 2.62. The molecular formula is C28H52N2O8. The third-order valence-corrected chi connectivity index (χ3v) is 4.35.